The van der Waals surface area contributed by atoms with Crippen LogP contribution in [0, 0.1) is 13.8 Å². The van der Waals surface area contributed by atoms with E-state index in [0.717, 1.165) is 22.3 Å². The molecule has 2 aromatic rings. The topological polar surface area (TPSA) is 55.0 Å². The summed E-state index contributed by atoms with van der Waals surface area (Å²) >= 11 is 0. The molecule has 4 nitrogen and oxygen atoms in total. The number of nitrogens with one attached hydrogen (secondary N) is 1. The van der Waals surface area contributed by atoms with Gasteiger partial charge in [-0.15, -0.1) is 0 Å². The second kappa shape index (κ2) is 3.38. The van der Waals surface area contributed by atoms with Crippen LogP contribution in [0.15, 0.2) is 12.1 Å². The molecule has 0 aromatic carbocycles. The maximum Gasteiger partial charge on any atom is 0.354 e. The highest BCUT2D eigenvalue weighted by molar-refractivity contribution is 5.94. The van der Waals surface area contributed by atoms with Gasteiger partial charge in [0.25, 0.3) is 0 Å². The molecule has 0 aliphatic rings. The summed E-state index contributed by atoms with van der Waals surface area (Å²) in [5.74, 6) is -0.370. The van der Waals surface area contributed by atoms with Crippen LogP contribution in [-0.4, -0.2) is 23.0 Å². The number of rotatable bonds is 1. The Labute approximate surface area is 87.3 Å². The van der Waals surface area contributed by atoms with E-state index in [2.05, 4.69) is 14.7 Å². The Morgan fingerprint density at radius 3 is 2.80 bits per heavy atom. The van der Waals surface area contributed by atoms with Gasteiger partial charge in [-0.2, -0.15) is 0 Å². The summed E-state index contributed by atoms with van der Waals surface area (Å²) in [6.07, 6.45) is 0. The summed E-state index contributed by atoms with van der Waals surface area (Å²) in [6, 6.07) is 3.68. The number of ether oxygens (including phenoxy) is 1. The minimum atomic E-state index is -0.370. The molecule has 0 unspecified atom stereocenters. The van der Waals surface area contributed by atoms with Gasteiger partial charge in [-0.25, -0.2) is 4.79 Å². The largest absolute Gasteiger partial charge is 0.464 e. The molecule has 0 aliphatic heterocycles. The van der Waals surface area contributed by atoms with Crippen LogP contribution in [0.25, 0.3) is 11.0 Å². The third-order valence-corrected chi connectivity index (χ3v) is 2.32. The van der Waals surface area contributed by atoms with E-state index in [0.29, 0.717) is 5.69 Å². The number of aryl methyl sites for hydroxylation is 2. The maximum absolute atomic E-state index is 11.3. The number of hydrogen-bond acceptors (Lipinski definition) is 3. The summed E-state index contributed by atoms with van der Waals surface area (Å²) in [6.45, 7) is 3.91. The number of hydrogen-bond donors (Lipinski definition) is 1. The van der Waals surface area contributed by atoms with Gasteiger partial charge >= 0.3 is 5.97 Å². The quantitative estimate of drug-likeness (QED) is 0.722. The normalized spacial score (nSPS) is 10.6. The Bertz CT molecular complexity index is 529. The Morgan fingerprint density at radius 2 is 2.13 bits per heavy atom. The monoisotopic (exact) mass is 204 g/mol. The molecule has 4 heteroatoms. The van der Waals surface area contributed by atoms with Crippen molar-refractivity contribution in [3.8, 4) is 0 Å². The van der Waals surface area contributed by atoms with Crippen molar-refractivity contribution in [2.45, 2.75) is 13.8 Å². The predicted octanol–water partition coefficient (Wildman–Crippen LogP) is 1.97. The minimum absolute atomic E-state index is 0.370. The number of methoxy groups -OCH3 is 1. The third kappa shape index (κ3) is 1.58. The fourth-order valence-corrected chi connectivity index (χ4v) is 1.66. The molecule has 2 heterocycles. The lowest BCUT2D eigenvalue weighted by molar-refractivity contribution is 0.0595. The zero-order valence-electron chi connectivity index (χ0n) is 8.92. The van der Waals surface area contributed by atoms with E-state index < -0.39 is 0 Å². The second-order valence-corrected chi connectivity index (χ2v) is 3.52. The van der Waals surface area contributed by atoms with Crippen LogP contribution >= 0.6 is 0 Å². The average molecular weight is 204 g/mol. The first-order valence-electron chi connectivity index (χ1n) is 4.67. The molecule has 2 aromatic heterocycles. The van der Waals surface area contributed by atoms with Crippen molar-refractivity contribution < 1.29 is 9.53 Å². The first kappa shape index (κ1) is 9.71. The smallest absolute Gasteiger partial charge is 0.354 e. The Hall–Kier alpha value is -1.84. The molecular weight excluding hydrogens is 192 g/mol. The second-order valence-electron chi connectivity index (χ2n) is 3.52. The zero-order chi connectivity index (χ0) is 11.0. The molecule has 0 amide bonds. The first-order chi connectivity index (χ1) is 7.11. The standard InChI is InChI=1S/C11H12N2O2/c1-6-4-7(2)12-8-5-9(11(14)15-3)13-10(6)8/h4-5,13H,1-3H3. The van der Waals surface area contributed by atoms with Crippen LogP contribution in [0.1, 0.15) is 21.7 Å². The summed E-state index contributed by atoms with van der Waals surface area (Å²) in [7, 11) is 1.36. The van der Waals surface area contributed by atoms with Gasteiger partial charge in [-0.05, 0) is 31.5 Å². The highest BCUT2D eigenvalue weighted by atomic mass is 16.5. The molecule has 0 atom stereocenters. The van der Waals surface area contributed by atoms with E-state index in [-0.39, 0.29) is 5.97 Å². The zero-order valence-corrected chi connectivity index (χ0v) is 8.92. The Balaban J connectivity index is 2.65. The fraction of sp³-hybridized carbons (Fsp3) is 0.273. The van der Waals surface area contributed by atoms with Crippen molar-refractivity contribution in [3.63, 3.8) is 0 Å². The highest BCUT2D eigenvalue weighted by Gasteiger charge is 2.11. The third-order valence-electron chi connectivity index (χ3n) is 2.32. The molecule has 0 spiro atoms. The number of esters is 1. The summed E-state index contributed by atoms with van der Waals surface area (Å²) in [5.41, 5.74) is 4.14. The molecule has 0 saturated carbocycles. The van der Waals surface area contributed by atoms with E-state index in [9.17, 15) is 4.79 Å². The van der Waals surface area contributed by atoms with Gasteiger partial charge in [-0.3, -0.25) is 4.98 Å². The van der Waals surface area contributed by atoms with Crippen molar-refractivity contribution in [1.82, 2.24) is 9.97 Å². The molecule has 0 saturated heterocycles. The van der Waals surface area contributed by atoms with Crippen LogP contribution in [-0.2, 0) is 4.74 Å². The van der Waals surface area contributed by atoms with E-state index in [1.807, 2.05) is 19.9 Å². The number of aromatic nitrogens is 2. The van der Waals surface area contributed by atoms with Crippen molar-refractivity contribution in [2.24, 2.45) is 0 Å². The molecule has 0 fully saturated rings. The minimum Gasteiger partial charge on any atom is -0.464 e. The average Bonchev–Trinajstić information content (AvgIpc) is 2.60. The highest BCUT2D eigenvalue weighted by Crippen LogP contribution is 2.18. The van der Waals surface area contributed by atoms with Gasteiger partial charge in [0.2, 0.25) is 0 Å². The van der Waals surface area contributed by atoms with Gasteiger partial charge in [0.1, 0.15) is 5.69 Å². The molecule has 0 radical (unpaired) electrons. The number of carbonyl (C=O) groups excluding carboxylic acids is 1. The van der Waals surface area contributed by atoms with Gasteiger partial charge in [-0.1, -0.05) is 0 Å². The van der Waals surface area contributed by atoms with E-state index >= 15 is 0 Å². The Kier molecular flexibility index (Phi) is 2.19. The lowest BCUT2D eigenvalue weighted by atomic mass is 10.2. The number of aromatic amines is 1. The van der Waals surface area contributed by atoms with Crippen LogP contribution < -0.4 is 0 Å². The maximum atomic E-state index is 11.3. The SMILES string of the molecule is COC(=O)c1cc2nc(C)cc(C)c2[nH]1. The first-order valence-corrected chi connectivity index (χ1v) is 4.67. The van der Waals surface area contributed by atoms with Gasteiger partial charge < -0.3 is 9.72 Å². The number of H-pyrrole nitrogens is 1. The molecule has 1 N–H and O–H groups in total. The number of pyridine rings is 1. The predicted molar refractivity (Wildman–Crippen MR) is 56.9 cm³/mol. The number of fused-ring (bicyclic) bond motifs is 1. The summed E-state index contributed by atoms with van der Waals surface area (Å²) in [4.78, 5) is 18.6. The molecule has 78 valence electrons. The van der Waals surface area contributed by atoms with Crippen molar-refractivity contribution >= 4 is 17.0 Å². The van der Waals surface area contributed by atoms with E-state index in [1.165, 1.54) is 7.11 Å². The van der Waals surface area contributed by atoms with Crippen molar-refractivity contribution in [1.29, 1.82) is 0 Å². The van der Waals surface area contributed by atoms with Crippen molar-refractivity contribution in [2.75, 3.05) is 7.11 Å². The number of carbonyl (C=O) groups is 1. The molecule has 0 aliphatic carbocycles. The van der Waals surface area contributed by atoms with Gasteiger partial charge in [0.05, 0.1) is 18.1 Å². The number of nitrogens with zero attached hydrogens (tertiary/aromatic N) is 1. The summed E-state index contributed by atoms with van der Waals surface area (Å²) < 4.78 is 4.64. The Morgan fingerprint density at radius 1 is 1.40 bits per heavy atom. The summed E-state index contributed by atoms with van der Waals surface area (Å²) in [5, 5.41) is 0. The van der Waals surface area contributed by atoms with Crippen LogP contribution in [0.5, 0.6) is 0 Å². The lowest BCUT2D eigenvalue weighted by Crippen LogP contribution is -2.00. The fourth-order valence-electron chi connectivity index (χ4n) is 1.66. The van der Waals surface area contributed by atoms with E-state index in [1.54, 1.807) is 6.07 Å². The van der Waals surface area contributed by atoms with Gasteiger partial charge in [0, 0.05) is 5.69 Å². The van der Waals surface area contributed by atoms with E-state index in [4.69, 9.17) is 0 Å². The molecule has 15 heavy (non-hydrogen) atoms. The molecular formula is C11H12N2O2. The van der Waals surface area contributed by atoms with Gasteiger partial charge in [0.15, 0.2) is 0 Å². The molecule has 2 rings (SSSR count). The van der Waals surface area contributed by atoms with Crippen molar-refractivity contribution in [3.05, 3.63) is 29.1 Å². The molecule has 0 bridgehead atoms. The van der Waals surface area contributed by atoms with Crippen LogP contribution in [0.3, 0.4) is 0 Å². The van der Waals surface area contributed by atoms with Crippen LogP contribution in [0.4, 0.5) is 0 Å². The van der Waals surface area contributed by atoms with Crippen LogP contribution in [0.2, 0.25) is 0 Å². The lowest BCUT2D eigenvalue weighted by Gasteiger charge is -1.97.